The lowest BCUT2D eigenvalue weighted by atomic mass is 9.93. The Labute approximate surface area is 165 Å². The zero-order valence-electron chi connectivity index (χ0n) is 17.2. The monoisotopic (exact) mass is 384 g/mol. The highest BCUT2D eigenvalue weighted by Crippen LogP contribution is 2.25. The SMILES string of the molecule is CC.CC(C)(C)c1cn2c(-c3cccc(NC4CNCC4F)n3)cnc2cn1. The highest BCUT2D eigenvalue weighted by Gasteiger charge is 2.26. The van der Waals surface area contributed by atoms with E-state index in [4.69, 9.17) is 0 Å². The molecule has 4 heterocycles. The van der Waals surface area contributed by atoms with Gasteiger partial charge in [0.05, 0.1) is 35.5 Å². The summed E-state index contributed by atoms with van der Waals surface area (Å²) >= 11 is 0. The second kappa shape index (κ2) is 8.22. The van der Waals surface area contributed by atoms with E-state index in [1.807, 2.05) is 42.6 Å². The first-order valence-electron chi connectivity index (χ1n) is 9.84. The number of anilines is 1. The van der Waals surface area contributed by atoms with Crippen LogP contribution >= 0.6 is 0 Å². The van der Waals surface area contributed by atoms with Crippen LogP contribution in [-0.4, -0.2) is 44.7 Å². The summed E-state index contributed by atoms with van der Waals surface area (Å²) in [4.78, 5) is 13.6. The summed E-state index contributed by atoms with van der Waals surface area (Å²) in [6.45, 7) is 11.4. The van der Waals surface area contributed by atoms with Gasteiger partial charge in [-0.15, -0.1) is 0 Å². The molecule has 3 aromatic heterocycles. The predicted molar refractivity (Wildman–Crippen MR) is 111 cm³/mol. The Morgan fingerprint density at radius 1 is 1.14 bits per heavy atom. The fraction of sp³-hybridized carbons (Fsp3) is 0.476. The van der Waals surface area contributed by atoms with Gasteiger partial charge >= 0.3 is 0 Å². The summed E-state index contributed by atoms with van der Waals surface area (Å²) in [6, 6.07) is 5.47. The number of rotatable bonds is 3. The maximum absolute atomic E-state index is 13.8. The fourth-order valence-electron chi connectivity index (χ4n) is 3.10. The molecule has 28 heavy (non-hydrogen) atoms. The highest BCUT2D eigenvalue weighted by atomic mass is 19.1. The fourth-order valence-corrected chi connectivity index (χ4v) is 3.10. The van der Waals surface area contributed by atoms with Crippen molar-refractivity contribution in [2.24, 2.45) is 0 Å². The van der Waals surface area contributed by atoms with Crippen molar-refractivity contribution in [1.29, 1.82) is 0 Å². The van der Waals surface area contributed by atoms with Gasteiger partial charge in [0.1, 0.15) is 12.0 Å². The molecule has 0 radical (unpaired) electrons. The maximum Gasteiger partial charge on any atom is 0.155 e. The molecule has 1 aliphatic heterocycles. The lowest BCUT2D eigenvalue weighted by Gasteiger charge is -2.18. The average Bonchev–Trinajstić information content (AvgIpc) is 3.29. The van der Waals surface area contributed by atoms with Gasteiger partial charge in [0.25, 0.3) is 0 Å². The van der Waals surface area contributed by atoms with Crippen molar-refractivity contribution in [3.05, 3.63) is 42.5 Å². The topological polar surface area (TPSA) is 67.1 Å². The van der Waals surface area contributed by atoms with Gasteiger partial charge in [0.2, 0.25) is 0 Å². The molecule has 1 fully saturated rings. The van der Waals surface area contributed by atoms with Crippen LogP contribution in [0.3, 0.4) is 0 Å². The molecule has 1 saturated heterocycles. The van der Waals surface area contributed by atoms with Gasteiger partial charge < -0.3 is 10.6 Å². The van der Waals surface area contributed by atoms with Crippen LogP contribution in [0.25, 0.3) is 17.0 Å². The third-order valence-electron chi connectivity index (χ3n) is 4.65. The van der Waals surface area contributed by atoms with Crippen molar-refractivity contribution in [1.82, 2.24) is 24.7 Å². The van der Waals surface area contributed by atoms with Crippen LogP contribution < -0.4 is 10.6 Å². The highest BCUT2D eigenvalue weighted by molar-refractivity contribution is 5.61. The summed E-state index contributed by atoms with van der Waals surface area (Å²) in [7, 11) is 0. The number of halogens is 1. The molecule has 0 saturated carbocycles. The first-order valence-corrected chi connectivity index (χ1v) is 9.84. The predicted octanol–water partition coefficient (Wildman–Crippen LogP) is 3.84. The van der Waals surface area contributed by atoms with E-state index < -0.39 is 6.17 Å². The summed E-state index contributed by atoms with van der Waals surface area (Å²) in [5, 5.41) is 6.23. The number of nitrogens with zero attached hydrogens (tertiary/aromatic N) is 4. The van der Waals surface area contributed by atoms with Crippen molar-refractivity contribution in [3.63, 3.8) is 0 Å². The summed E-state index contributed by atoms with van der Waals surface area (Å²) in [5.74, 6) is 0.666. The molecule has 4 rings (SSSR count). The zero-order chi connectivity index (χ0) is 20.3. The smallest absolute Gasteiger partial charge is 0.155 e. The Morgan fingerprint density at radius 3 is 2.61 bits per heavy atom. The van der Waals surface area contributed by atoms with Gasteiger partial charge in [-0.05, 0) is 12.1 Å². The Bertz CT molecular complexity index is 930. The third-order valence-corrected chi connectivity index (χ3v) is 4.65. The minimum absolute atomic E-state index is 0.0574. The molecule has 6 nitrogen and oxygen atoms in total. The first-order chi connectivity index (χ1) is 13.4. The van der Waals surface area contributed by atoms with Gasteiger partial charge in [0.15, 0.2) is 5.65 Å². The van der Waals surface area contributed by atoms with Crippen LogP contribution in [0.15, 0.2) is 36.8 Å². The van der Waals surface area contributed by atoms with Gasteiger partial charge in [0, 0.05) is 24.7 Å². The number of aromatic nitrogens is 4. The number of pyridine rings is 1. The Hall–Kier alpha value is -2.54. The number of hydrogen-bond donors (Lipinski definition) is 2. The number of alkyl halides is 1. The lowest BCUT2D eigenvalue weighted by molar-refractivity contribution is 0.342. The molecular formula is C21H29FN6. The van der Waals surface area contributed by atoms with Crippen molar-refractivity contribution >= 4 is 11.5 Å². The van der Waals surface area contributed by atoms with Crippen molar-refractivity contribution in [3.8, 4) is 11.4 Å². The van der Waals surface area contributed by atoms with Crippen molar-refractivity contribution in [2.75, 3.05) is 18.4 Å². The molecule has 2 atom stereocenters. The molecule has 2 N–H and O–H groups in total. The quantitative estimate of drug-likeness (QED) is 0.718. The van der Waals surface area contributed by atoms with Crippen LogP contribution in [-0.2, 0) is 5.41 Å². The standard InChI is InChI=1S/C19H23FN6.C2H6/c1-19(2,3)16-11-26-15(9-23-18(26)10-22-16)13-5-4-6-17(24-13)25-14-8-21-7-12(14)20;1-2/h4-6,9-12,14,21H,7-8H2,1-3H3,(H,24,25);1-2H3. The first kappa shape index (κ1) is 20.2. The molecular weight excluding hydrogens is 355 g/mol. The van der Waals surface area contributed by atoms with Crippen molar-refractivity contribution in [2.45, 2.75) is 52.2 Å². The Kier molecular flexibility index (Phi) is 5.93. The molecule has 7 heteroatoms. The molecule has 0 bridgehead atoms. The van der Waals surface area contributed by atoms with Crippen LogP contribution in [0.1, 0.15) is 40.3 Å². The van der Waals surface area contributed by atoms with Crippen LogP contribution in [0.4, 0.5) is 10.2 Å². The molecule has 1 aliphatic rings. The molecule has 0 aromatic carbocycles. The van der Waals surface area contributed by atoms with E-state index in [1.54, 1.807) is 12.4 Å². The molecule has 0 amide bonds. The normalized spacial score (nSPS) is 19.4. The molecule has 150 valence electrons. The van der Waals surface area contributed by atoms with E-state index >= 15 is 0 Å². The van der Waals surface area contributed by atoms with Crippen LogP contribution in [0, 0.1) is 0 Å². The second-order valence-corrected chi connectivity index (χ2v) is 7.73. The van der Waals surface area contributed by atoms with Gasteiger partial charge in [-0.3, -0.25) is 9.38 Å². The maximum atomic E-state index is 13.8. The summed E-state index contributed by atoms with van der Waals surface area (Å²) in [5.41, 5.74) is 3.37. The number of imidazole rings is 1. The van der Waals surface area contributed by atoms with Gasteiger partial charge in [-0.1, -0.05) is 40.7 Å². The van der Waals surface area contributed by atoms with Crippen molar-refractivity contribution < 1.29 is 4.39 Å². The second-order valence-electron chi connectivity index (χ2n) is 7.73. The average molecular weight is 385 g/mol. The zero-order valence-corrected chi connectivity index (χ0v) is 17.2. The molecule has 2 unspecified atom stereocenters. The van der Waals surface area contributed by atoms with E-state index in [0.29, 0.717) is 18.9 Å². The summed E-state index contributed by atoms with van der Waals surface area (Å²) in [6.07, 6.45) is 4.68. The van der Waals surface area contributed by atoms with E-state index in [2.05, 4.69) is 46.4 Å². The van der Waals surface area contributed by atoms with E-state index in [0.717, 1.165) is 22.7 Å². The number of nitrogens with one attached hydrogen (secondary N) is 2. The van der Waals surface area contributed by atoms with Crippen LogP contribution in [0.2, 0.25) is 0 Å². The Morgan fingerprint density at radius 2 is 1.93 bits per heavy atom. The summed E-state index contributed by atoms with van der Waals surface area (Å²) < 4.78 is 15.8. The number of hydrogen-bond acceptors (Lipinski definition) is 5. The minimum Gasteiger partial charge on any atom is -0.363 e. The lowest BCUT2D eigenvalue weighted by Crippen LogP contribution is -2.29. The van der Waals surface area contributed by atoms with E-state index in [-0.39, 0.29) is 11.5 Å². The van der Waals surface area contributed by atoms with E-state index in [9.17, 15) is 4.39 Å². The molecule has 0 spiro atoms. The van der Waals surface area contributed by atoms with Gasteiger partial charge in [-0.2, -0.15) is 0 Å². The molecule has 0 aliphatic carbocycles. The number of fused-ring (bicyclic) bond motifs is 1. The third kappa shape index (κ3) is 4.14. The minimum atomic E-state index is -0.906. The van der Waals surface area contributed by atoms with E-state index in [1.165, 1.54) is 0 Å². The molecule has 3 aromatic rings. The van der Waals surface area contributed by atoms with Gasteiger partial charge in [-0.25, -0.2) is 14.4 Å². The van der Waals surface area contributed by atoms with Crippen LogP contribution in [0.5, 0.6) is 0 Å². The largest absolute Gasteiger partial charge is 0.363 e. The Balaban J connectivity index is 0.00000109.